The number of carbonyl (C=O) groups excluding carboxylic acids is 2. The number of benzene rings is 2. The van der Waals surface area contributed by atoms with Gasteiger partial charge in [0.2, 0.25) is 5.91 Å². The number of carbonyl (C=O) groups is 2. The SMILES string of the molecule is CN(Cc1nc2ccccc2s1)C(=O)c1ccccc1SCC(=O)N(C)C1CCCCC1. The summed E-state index contributed by atoms with van der Waals surface area (Å²) in [6, 6.07) is 15.9. The van der Waals surface area contributed by atoms with Gasteiger partial charge in [-0.3, -0.25) is 9.59 Å². The molecule has 0 bridgehead atoms. The maximum atomic E-state index is 13.2. The van der Waals surface area contributed by atoms with Gasteiger partial charge in [0.1, 0.15) is 5.01 Å². The minimum Gasteiger partial charge on any atom is -0.342 e. The van der Waals surface area contributed by atoms with Crippen LogP contribution >= 0.6 is 23.1 Å². The highest BCUT2D eigenvalue weighted by atomic mass is 32.2. The monoisotopic (exact) mass is 467 g/mol. The third-order valence-electron chi connectivity index (χ3n) is 6.04. The van der Waals surface area contributed by atoms with Crippen molar-refractivity contribution >= 4 is 45.1 Å². The minimum absolute atomic E-state index is 0.0551. The zero-order valence-electron chi connectivity index (χ0n) is 18.6. The first-order valence-electron chi connectivity index (χ1n) is 11.1. The summed E-state index contributed by atoms with van der Waals surface area (Å²) < 4.78 is 1.12. The topological polar surface area (TPSA) is 53.5 Å². The zero-order valence-corrected chi connectivity index (χ0v) is 20.3. The van der Waals surface area contributed by atoms with Crippen molar-refractivity contribution in [3.63, 3.8) is 0 Å². The summed E-state index contributed by atoms with van der Waals surface area (Å²) in [6.45, 7) is 0.459. The van der Waals surface area contributed by atoms with Crippen LogP contribution in [-0.4, -0.2) is 52.5 Å². The van der Waals surface area contributed by atoms with Crippen molar-refractivity contribution in [1.29, 1.82) is 0 Å². The molecule has 1 fully saturated rings. The molecular formula is C25H29N3O2S2. The highest BCUT2D eigenvalue weighted by Crippen LogP contribution is 2.27. The Morgan fingerprint density at radius 1 is 1.03 bits per heavy atom. The van der Waals surface area contributed by atoms with Crippen molar-refractivity contribution in [3.05, 3.63) is 59.1 Å². The van der Waals surface area contributed by atoms with Gasteiger partial charge in [-0.25, -0.2) is 4.98 Å². The van der Waals surface area contributed by atoms with E-state index in [4.69, 9.17) is 0 Å². The molecule has 0 atom stereocenters. The van der Waals surface area contributed by atoms with E-state index in [0.29, 0.717) is 23.9 Å². The lowest BCUT2D eigenvalue weighted by atomic mass is 9.94. The van der Waals surface area contributed by atoms with E-state index in [1.165, 1.54) is 31.0 Å². The Labute approximate surface area is 197 Å². The fourth-order valence-electron chi connectivity index (χ4n) is 4.15. The number of amides is 2. The molecule has 1 saturated carbocycles. The molecule has 0 N–H and O–H groups in total. The van der Waals surface area contributed by atoms with Gasteiger partial charge in [0.05, 0.1) is 28.1 Å². The van der Waals surface area contributed by atoms with Crippen molar-refractivity contribution < 1.29 is 9.59 Å². The molecule has 5 nitrogen and oxygen atoms in total. The van der Waals surface area contributed by atoms with Crippen molar-refractivity contribution in [1.82, 2.24) is 14.8 Å². The molecule has 0 spiro atoms. The van der Waals surface area contributed by atoms with E-state index in [9.17, 15) is 9.59 Å². The van der Waals surface area contributed by atoms with E-state index in [1.807, 2.05) is 60.5 Å². The Morgan fingerprint density at radius 2 is 1.75 bits per heavy atom. The molecule has 0 radical (unpaired) electrons. The molecule has 4 rings (SSSR count). The Hall–Kier alpha value is -2.38. The van der Waals surface area contributed by atoms with Crippen LogP contribution < -0.4 is 0 Å². The molecule has 3 aromatic rings. The molecule has 0 saturated heterocycles. The number of nitrogens with zero attached hydrogens (tertiary/aromatic N) is 3. The smallest absolute Gasteiger partial charge is 0.255 e. The molecule has 32 heavy (non-hydrogen) atoms. The average Bonchev–Trinajstić information content (AvgIpc) is 3.24. The van der Waals surface area contributed by atoms with E-state index in [-0.39, 0.29) is 11.8 Å². The van der Waals surface area contributed by atoms with Crippen LogP contribution in [0.3, 0.4) is 0 Å². The Morgan fingerprint density at radius 3 is 2.53 bits per heavy atom. The first kappa shape index (κ1) is 22.8. The number of thiazole rings is 1. The van der Waals surface area contributed by atoms with Crippen molar-refractivity contribution in [3.8, 4) is 0 Å². The normalized spacial score (nSPS) is 14.4. The van der Waals surface area contributed by atoms with E-state index < -0.39 is 0 Å². The highest BCUT2D eigenvalue weighted by molar-refractivity contribution is 8.00. The number of rotatable bonds is 7. The number of fused-ring (bicyclic) bond motifs is 1. The number of thioether (sulfide) groups is 1. The first-order chi connectivity index (χ1) is 15.5. The molecule has 1 heterocycles. The third kappa shape index (κ3) is 5.33. The average molecular weight is 468 g/mol. The van der Waals surface area contributed by atoms with Crippen LogP contribution in [0.1, 0.15) is 47.5 Å². The van der Waals surface area contributed by atoms with Gasteiger partial charge in [0.25, 0.3) is 5.91 Å². The largest absolute Gasteiger partial charge is 0.342 e. The van der Waals surface area contributed by atoms with Crippen LogP contribution in [0.25, 0.3) is 10.2 Å². The quantitative estimate of drug-likeness (QED) is 0.434. The highest BCUT2D eigenvalue weighted by Gasteiger charge is 2.23. The fourth-order valence-corrected chi connectivity index (χ4v) is 6.14. The lowest BCUT2D eigenvalue weighted by molar-refractivity contribution is -0.129. The third-order valence-corrected chi connectivity index (χ3v) is 8.12. The standard InChI is InChI=1S/C25H29N3O2S2/c1-27(16-23-26-20-13-7-9-15-22(20)32-23)25(30)19-12-6-8-14-21(19)31-17-24(29)28(2)18-10-4-3-5-11-18/h6-9,12-15,18H,3-5,10-11,16-17H2,1-2H3. The molecule has 2 aromatic carbocycles. The van der Waals surface area contributed by atoms with Gasteiger partial charge < -0.3 is 9.80 Å². The van der Waals surface area contributed by atoms with Gasteiger partial charge in [-0.2, -0.15) is 0 Å². The maximum Gasteiger partial charge on any atom is 0.255 e. The van der Waals surface area contributed by atoms with Gasteiger partial charge in [0.15, 0.2) is 0 Å². The van der Waals surface area contributed by atoms with Gasteiger partial charge in [-0.1, -0.05) is 43.5 Å². The van der Waals surface area contributed by atoms with Crippen LogP contribution in [0.2, 0.25) is 0 Å². The van der Waals surface area contributed by atoms with Gasteiger partial charge in [-0.15, -0.1) is 23.1 Å². The molecule has 0 unspecified atom stereocenters. The van der Waals surface area contributed by atoms with Gasteiger partial charge in [0, 0.05) is 25.0 Å². The van der Waals surface area contributed by atoms with Crippen molar-refractivity contribution in [2.45, 2.75) is 49.6 Å². The second-order valence-electron chi connectivity index (χ2n) is 8.32. The molecule has 168 valence electrons. The maximum absolute atomic E-state index is 13.2. The summed E-state index contributed by atoms with van der Waals surface area (Å²) in [7, 11) is 3.72. The van der Waals surface area contributed by atoms with Gasteiger partial charge in [-0.05, 0) is 37.1 Å². The summed E-state index contributed by atoms with van der Waals surface area (Å²) in [5.41, 5.74) is 1.60. The number of para-hydroxylation sites is 1. The van der Waals surface area contributed by atoms with Crippen molar-refractivity contribution in [2.75, 3.05) is 19.8 Å². The zero-order chi connectivity index (χ0) is 22.5. The second-order valence-corrected chi connectivity index (χ2v) is 10.5. The summed E-state index contributed by atoms with van der Waals surface area (Å²) in [5.74, 6) is 0.422. The summed E-state index contributed by atoms with van der Waals surface area (Å²) in [6.07, 6.45) is 5.87. The molecular weight excluding hydrogens is 438 g/mol. The van der Waals surface area contributed by atoms with Crippen molar-refractivity contribution in [2.24, 2.45) is 0 Å². The van der Waals surface area contributed by atoms with E-state index in [2.05, 4.69) is 4.98 Å². The molecule has 0 aliphatic heterocycles. The molecule has 7 heteroatoms. The van der Waals surface area contributed by atoms with E-state index >= 15 is 0 Å². The van der Waals surface area contributed by atoms with Crippen LogP contribution in [0, 0.1) is 0 Å². The van der Waals surface area contributed by atoms with E-state index in [0.717, 1.165) is 33.0 Å². The molecule has 1 aromatic heterocycles. The number of aromatic nitrogens is 1. The number of hydrogen-bond donors (Lipinski definition) is 0. The lowest BCUT2D eigenvalue weighted by Gasteiger charge is -2.31. The summed E-state index contributed by atoms with van der Waals surface area (Å²) >= 11 is 3.06. The second kappa shape index (κ2) is 10.5. The Bertz CT molecular complexity index is 1060. The predicted molar refractivity (Wildman–Crippen MR) is 132 cm³/mol. The summed E-state index contributed by atoms with van der Waals surface area (Å²) in [5, 5.41) is 0.913. The first-order valence-corrected chi connectivity index (χ1v) is 12.9. The molecule has 2 amide bonds. The van der Waals surface area contributed by atoms with Crippen LogP contribution in [0.15, 0.2) is 53.4 Å². The number of hydrogen-bond acceptors (Lipinski definition) is 5. The molecule has 1 aliphatic carbocycles. The van der Waals surface area contributed by atoms with Crippen LogP contribution in [0.4, 0.5) is 0 Å². The Balaban J connectivity index is 1.40. The fraction of sp³-hybridized carbons (Fsp3) is 0.400. The minimum atomic E-state index is -0.0551. The van der Waals surface area contributed by atoms with Crippen LogP contribution in [-0.2, 0) is 11.3 Å². The lowest BCUT2D eigenvalue weighted by Crippen LogP contribution is -2.39. The summed E-state index contributed by atoms with van der Waals surface area (Å²) in [4.78, 5) is 35.1. The predicted octanol–water partition coefficient (Wildman–Crippen LogP) is 5.45. The molecule has 1 aliphatic rings. The van der Waals surface area contributed by atoms with Crippen LogP contribution in [0.5, 0.6) is 0 Å². The Kier molecular flexibility index (Phi) is 7.48. The van der Waals surface area contributed by atoms with E-state index in [1.54, 1.807) is 23.3 Å². The van der Waals surface area contributed by atoms with Gasteiger partial charge >= 0.3 is 0 Å².